The average molecular weight is 272 g/mol. The summed E-state index contributed by atoms with van der Waals surface area (Å²) in [7, 11) is 0. The molecule has 1 amide bonds. The zero-order valence-corrected chi connectivity index (χ0v) is 11.9. The van der Waals surface area contributed by atoms with Crippen molar-refractivity contribution in [3.8, 4) is 6.07 Å². The highest BCUT2D eigenvalue weighted by Crippen LogP contribution is 2.14. The zero-order valence-electron chi connectivity index (χ0n) is 11.9. The van der Waals surface area contributed by atoms with E-state index in [1.54, 1.807) is 24.3 Å². The maximum atomic E-state index is 11.9. The van der Waals surface area contributed by atoms with Crippen LogP contribution in [-0.2, 0) is 4.79 Å². The van der Waals surface area contributed by atoms with Gasteiger partial charge in [0.05, 0.1) is 23.8 Å². The summed E-state index contributed by atoms with van der Waals surface area (Å²) in [6.07, 6.45) is 4.42. The van der Waals surface area contributed by atoms with Gasteiger partial charge in [-0.1, -0.05) is 26.0 Å². The van der Waals surface area contributed by atoms with Crippen LogP contribution in [0.1, 0.15) is 37.8 Å². The molecule has 0 heterocycles. The second-order valence-corrected chi connectivity index (χ2v) is 4.71. The second-order valence-electron chi connectivity index (χ2n) is 4.71. The smallest absolute Gasteiger partial charge is 0.244 e. The Morgan fingerprint density at radius 2 is 2.15 bits per heavy atom. The molecular weight excluding hydrogens is 252 g/mol. The topological polar surface area (TPSA) is 73.1 Å². The standard InChI is InChI=1S/C16H20N2O2/c1-3-16(4-2,12-19)18-15(20)9-8-13-6-5-7-14(10-13)11-17/h5-10,19H,3-4,12H2,1-2H3,(H,18,20). The summed E-state index contributed by atoms with van der Waals surface area (Å²) in [5, 5.41) is 21.0. The molecule has 2 N–H and O–H groups in total. The van der Waals surface area contributed by atoms with Gasteiger partial charge in [0.2, 0.25) is 5.91 Å². The Hall–Kier alpha value is -2.12. The molecule has 0 radical (unpaired) electrons. The van der Waals surface area contributed by atoms with Gasteiger partial charge >= 0.3 is 0 Å². The van der Waals surface area contributed by atoms with Gasteiger partial charge in [-0.15, -0.1) is 0 Å². The van der Waals surface area contributed by atoms with Crippen molar-refractivity contribution in [1.82, 2.24) is 5.32 Å². The maximum absolute atomic E-state index is 11.9. The lowest BCUT2D eigenvalue weighted by atomic mass is 9.94. The highest BCUT2D eigenvalue weighted by Gasteiger charge is 2.26. The van der Waals surface area contributed by atoms with Crippen molar-refractivity contribution in [2.75, 3.05) is 6.61 Å². The Morgan fingerprint density at radius 1 is 1.45 bits per heavy atom. The quantitative estimate of drug-likeness (QED) is 0.780. The molecule has 1 aromatic carbocycles. The fourth-order valence-corrected chi connectivity index (χ4v) is 1.88. The van der Waals surface area contributed by atoms with Gasteiger partial charge in [0.25, 0.3) is 0 Å². The van der Waals surface area contributed by atoms with Crippen LogP contribution in [0.4, 0.5) is 0 Å². The summed E-state index contributed by atoms with van der Waals surface area (Å²) in [6.45, 7) is 3.78. The number of aliphatic hydroxyl groups excluding tert-OH is 1. The Morgan fingerprint density at radius 3 is 2.70 bits per heavy atom. The molecule has 1 aromatic rings. The molecule has 0 aliphatic heterocycles. The maximum Gasteiger partial charge on any atom is 0.244 e. The third-order valence-corrected chi connectivity index (χ3v) is 3.49. The Kier molecular flexibility index (Phi) is 5.95. The van der Waals surface area contributed by atoms with E-state index in [4.69, 9.17) is 5.26 Å². The van der Waals surface area contributed by atoms with Crippen molar-refractivity contribution >= 4 is 12.0 Å². The van der Waals surface area contributed by atoms with Gasteiger partial charge in [-0.05, 0) is 36.6 Å². The number of carbonyl (C=O) groups is 1. The molecule has 0 saturated carbocycles. The summed E-state index contributed by atoms with van der Waals surface area (Å²) in [5.41, 5.74) is 0.789. The van der Waals surface area contributed by atoms with Crippen molar-refractivity contribution in [3.63, 3.8) is 0 Å². The van der Waals surface area contributed by atoms with Crippen LogP contribution in [0.3, 0.4) is 0 Å². The summed E-state index contributed by atoms with van der Waals surface area (Å²) in [4.78, 5) is 11.9. The summed E-state index contributed by atoms with van der Waals surface area (Å²) in [6, 6.07) is 9.07. The van der Waals surface area contributed by atoms with Crippen molar-refractivity contribution in [1.29, 1.82) is 5.26 Å². The lowest BCUT2D eigenvalue weighted by Crippen LogP contribution is -2.49. The second kappa shape index (κ2) is 7.46. The van der Waals surface area contributed by atoms with Gasteiger partial charge in [0, 0.05) is 6.08 Å². The first kappa shape index (κ1) is 15.9. The Bertz CT molecular complexity index is 517. The lowest BCUT2D eigenvalue weighted by molar-refractivity contribution is -0.119. The highest BCUT2D eigenvalue weighted by molar-refractivity contribution is 5.92. The number of nitrogens with one attached hydrogen (secondary N) is 1. The van der Waals surface area contributed by atoms with Crippen LogP contribution in [-0.4, -0.2) is 23.2 Å². The number of nitrogens with zero attached hydrogens (tertiary/aromatic N) is 1. The predicted octanol–water partition coefficient (Wildman–Crippen LogP) is 2.24. The molecule has 4 heteroatoms. The van der Waals surface area contributed by atoms with E-state index in [1.165, 1.54) is 6.08 Å². The van der Waals surface area contributed by atoms with Crippen LogP contribution in [0.25, 0.3) is 6.08 Å². The van der Waals surface area contributed by atoms with E-state index >= 15 is 0 Å². The van der Waals surface area contributed by atoms with E-state index in [1.807, 2.05) is 19.9 Å². The summed E-state index contributed by atoms with van der Waals surface area (Å²) < 4.78 is 0. The monoisotopic (exact) mass is 272 g/mol. The van der Waals surface area contributed by atoms with Crippen LogP contribution >= 0.6 is 0 Å². The minimum Gasteiger partial charge on any atom is -0.394 e. The molecule has 0 aliphatic carbocycles. The Labute approximate surface area is 119 Å². The van der Waals surface area contributed by atoms with Crippen LogP contribution in [0.5, 0.6) is 0 Å². The minimum absolute atomic E-state index is 0.0799. The molecule has 0 aromatic heterocycles. The van der Waals surface area contributed by atoms with Crippen molar-refractivity contribution in [2.24, 2.45) is 0 Å². The van der Waals surface area contributed by atoms with Crippen molar-refractivity contribution < 1.29 is 9.90 Å². The van der Waals surface area contributed by atoms with Gasteiger partial charge in [-0.2, -0.15) is 5.26 Å². The van der Waals surface area contributed by atoms with Gasteiger partial charge in [0.15, 0.2) is 0 Å². The third-order valence-electron chi connectivity index (χ3n) is 3.49. The molecule has 1 rings (SSSR count). The molecule has 0 unspecified atom stereocenters. The van der Waals surface area contributed by atoms with Gasteiger partial charge < -0.3 is 10.4 Å². The largest absolute Gasteiger partial charge is 0.394 e. The van der Waals surface area contributed by atoms with Crippen LogP contribution < -0.4 is 5.32 Å². The number of carbonyl (C=O) groups excluding carboxylic acids is 1. The van der Waals surface area contributed by atoms with E-state index in [9.17, 15) is 9.90 Å². The third kappa shape index (κ3) is 4.22. The number of benzene rings is 1. The molecule has 0 atom stereocenters. The van der Waals surface area contributed by atoms with E-state index in [-0.39, 0.29) is 12.5 Å². The molecule has 4 nitrogen and oxygen atoms in total. The highest BCUT2D eigenvalue weighted by atomic mass is 16.3. The Balaban J connectivity index is 2.75. The van der Waals surface area contributed by atoms with Crippen LogP contribution in [0.2, 0.25) is 0 Å². The number of hydrogen-bond donors (Lipinski definition) is 2. The normalized spacial score (nSPS) is 11.3. The molecule has 106 valence electrons. The van der Waals surface area contributed by atoms with Crippen molar-refractivity contribution in [3.05, 3.63) is 41.5 Å². The number of hydrogen-bond acceptors (Lipinski definition) is 3. The predicted molar refractivity (Wildman–Crippen MR) is 78.7 cm³/mol. The van der Waals surface area contributed by atoms with Crippen molar-refractivity contribution in [2.45, 2.75) is 32.2 Å². The first-order chi connectivity index (χ1) is 9.59. The van der Waals surface area contributed by atoms with E-state index < -0.39 is 5.54 Å². The van der Waals surface area contributed by atoms with Gasteiger partial charge in [0.1, 0.15) is 0 Å². The minimum atomic E-state index is -0.560. The fraction of sp³-hybridized carbons (Fsp3) is 0.375. The molecule has 0 saturated heterocycles. The average Bonchev–Trinajstić information content (AvgIpc) is 2.51. The molecule has 0 spiro atoms. The molecule has 20 heavy (non-hydrogen) atoms. The number of rotatable bonds is 6. The first-order valence-corrected chi connectivity index (χ1v) is 6.70. The molecule has 0 fully saturated rings. The first-order valence-electron chi connectivity index (χ1n) is 6.70. The number of nitriles is 1. The van der Waals surface area contributed by atoms with E-state index in [0.29, 0.717) is 18.4 Å². The van der Waals surface area contributed by atoms with E-state index in [2.05, 4.69) is 11.4 Å². The number of amides is 1. The molecule has 0 bridgehead atoms. The SMILES string of the molecule is CCC(CC)(CO)NC(=O)C=Cc1cccc(C#N)c1. The van der Waals surface area contributed by atoms with Crippen LogP contribution in [0.15, 0.2) is 30.3 Å². The summed E-state index contributed by atoms with van der Waals surface area (Å²) in [5.74, 6) is -0.245. The number of aliphatic hydroxyl groups is 1. The summed E-state index contributed by atoms with van der Waals surface area (Å²) >= 11 is 0. The fourth-order valence-electron chi connectivity index (χ4n) is 1.88. The zero-order chi connectivity index (χ0) is 15.0. The van der Waals surface area contributed by atoms with E-state index in [0.717, 1.165) is 5.56 Å². The van der Waals surface area contributed by atoms with Crippen LogP contribution in [0, 0.1) is 11.3 Å². The molecule has 0 aliphatic rings. The van der Waals surface area contributed by atoms with Gasteiger partial charge in [-0.3, -0.25) is 4.79 Å². The lowest BCUT2D eigenvalue weighted by Gasteiger charge is -2.30. The molecular formula is C16H20N2O2. The van der Waals surface area contributed by atoms with Gasteiger partial charge in [-0.25, -0.2) is 0 Å².